The summed E-state index contributed by atoms with van der Waals surface area (Å²) in [4.78, 5) is 6.67. The topological polar surface area (TPSA) is 41.6 Å². The quantitative estimate of drug-likeness (QED) is 0.682. The van der Waals surface area contributed by atoms with Crippen molar-refractivity contribution in [2.45, 2.75) is 31.1 Å². The molecule has 0 aromatic rings. The van der Waals surface area contributed by atoms with Gasteiger partial charge in [-0.1, -0.05) is 6.92 Å². The SMILES string of the molecule is CCN1C(N)=NCC12CCSC2C. The van der Waals surface area contributed by atoms with Crippen LogP contribution in [0.25, 0.3) is 0 Å². The molecule has 2 atom stereocenters. The van der Waals surface area contributed by atoms with Crippen LogP contribution in [-0.4, -0.2) is 40.5 Å². The smallest absolute Gasteiger partial charge is 0.191 e. The van der Waals surface area contributed by atoms with Crippen LogP contribution in [0.1, 0.15) is 20.3 Å². The molecule has 0 saturated carbocycles. The Morgan fingerprint density at radius 2 is 2.54 bits per heavy atom. The van der Waals surface area contributed by atoms with Crippen LogP contribution in [0.3, 0.4) is 0 Å². The first-order valence-electron chi connectivity index (χ1n) is 4.90. The number of hydrogen-bond acceptors (Lipinski definition) is 4. The Hall–Kier alpha value is -0.380. The van der Waals surface area contributed by atoms with E-state index in [4.69, 9.17) is 5.73 Å². The summed E-state index contributed by atoms with van der Waals surface area (Å²) in [6.45, 7) is 6.35. The summed E-state index contributed by atoms with van der Waals surface area (Å²) in [6.07, 6.45) is 1.23. The van der Waals surface area contributed by atoms with Crippen LogP contribution in [0.5, 0.6) is 0 Å². The largest absolute Gasteiger partial charge is 0.370 e. The van der Waals surface area contributed by atoms with Gasteiger partial charge in [0.2, 0.25) is 0 Å². The predicted octanol–water partition coefficient (Wildman–Crippen LogP) is 0.901. The van der Waals surface area contributed by atoms with Crippen LogP contribution >= 0.6 is 11.8 Å². The van der Waals surface area contributed by atoms with Crippen LogP contribution in [0.2, 0.25) is 0 Å². The highest BCUT2D eigenvalue weighted by Gasteiger charge is 2.48. The summed E-state index contributed by atoms with van der Waals surface area (Å²) in [7, 11) is 0. The maximum atomic E-state index is 5.87. The van der Waals surface area contributed by atoms with Crippen molar-refractivity contribution in [3.05, 3.63) is 0 Å². The summed E-state index contributed by atoms with van der Waals surface area (Å²) in [5.74, 6) is 2.00. The fraction of sp³-hybridized carbons (Fsp3) is 0.889. The first-order chi connectivity index (χ1) is 6.20. The average Bonchev–Trinajstić information content (AvgIpc) is 2.61. The number of rotatable bonds is 1. The number of aliphatic imine (C=N–C) groups is 1. The monoisotopic (exact) mass is 199 g/mol. The van der Waals surface area contributed by atoms with Crippen molar-refractivity contribution >= 4 is 17.7 Å². The summed E-state index contributed by atoms with van der Waals surface area (Å²) in [5.41, 5.74) is 6.13. The normalized spacial score (nSPS) is 38.8. The van der Waals surface area contributed by atoms with Crippen LogP contribution in [0.4, 0.5) is 0 Å². The molecule has 0 aromatic heterocycles. The second kappa shape index (κ2) is 3.08. The van der Waals surface area contributed by atoms with E-state index in [1.165, 1.54) is 12.2 Å². The van der Waals surface area contributed by atoms with Crippen molar-refractivity contribution < 1.29 is 0 Å². The van der Waals surface area contributed by atoms with E-state index < -0.39 is 0 Å². The van der Waals surface area contributed by atoms with Crippen LogP contribution < -0.4 is 5.73 Å². The van der Waals surface area contributed by atoms with E-state index in [0.717, 1.165) is 19.0 Å². The van der Waals surface area contributed by atoms with Crippen molar-refractivity contribution in [3.8, 4) is 0 Å². The molecular weight excluding hydrogens is 182 g/mol. The Kier molecular flexibility index (Phi) is 2.18. The molecule has 1 saturated heterocycles. The molecule has 0 amide bonds. The Morgan fingerprint density at radius 3 is 3.08 bits per heavy atom. The molecule has 0 bridgehead atoms. The van der Waals surface area contributed by atoms with Crippen LogP contribution in [0.15, 0.2) is 4.99 Å². The molecule has 2 aliphatic heterocycles. The highest BCUT2D eigenvalue weighted by molar-refractivity contribution is 8.00. The van der Waals surface area contributed by atoms with Crippen LogP contribution in [-0.2, 0) is 0 Å². The first kappa shape index (κ1) is 9.19. The highest BCUT2D eigenvalue weighted by atomic mass is 32.2. The maximum Gasteiger partial charge on any atom is 0.191 e. The molecule has 2 N–H and O–H groups in total. The standard InChI is InChI=1S/C9H17N3S/c1-3-12-8(10)11-6-9(12)4-5-13-7(9)2/h7H,3-6H2,1-2H3,(H2,10,11). The molecule has 74 valence electrons. The average molecular weight is 199 g/mol. The van der Waals surface area contributed by atoms with E-state index >= 15 is 0 Å². The molecule has 4 heteroatoms. The molecule has 1 fully saturated rings. The Balaban J connectivity index is 2.24. The van der Waals surface area contributed by atoms with Crippen molar-refractivity contribution in [1.29, 1.82) is 0 Å². The summed E-state index contributed by atoms with van der Waals surface area (Å²) in [6, 6.07) is 0. The van der Waals surface area contributed by atoms with E-state index in [2.05, 4.69) is 23.7 Å². The van der Waals surface area contributed by atoms with E-state index in [0.29, 0.717) is 5.25 Å². The first-order valence-corrected chi connectivity index (χ1v) is 5.95. The number of likely N-dealkylation sites (N-methyl/N-ethyl adjacent to an activating group) is 1. The highest BCUT2D eigenvalue weighted by Crippen LogP contribution is 2.42. The van der Waals surface area contributed by atoms with Gasteiger partial charge in [-0.05, 0) is 19.1 Å². The summed E-state index contributed by atoms with van der Waals surface area (Å²) in [5, 5.41) is 0.664. The minimum atomic E-state index is 0.253. The zero-order chi connectivity index (χ0) is 9.47. The van der Waals surface area contributed by atoms with Gasteiger partial charge in [-0.25, -0.2) is 0 Å². The molecule has 13 heavy (non-hydrogen) atoms. The fourth-order valence-electron chi connectivity index (χ4n) is 2.43. The second-order valence-electron chi connectivity index (χ2n) is 3.79. The molecule has 0 radical (unpaired) electrons. The van der Waals surface area contributed by atoms with E-state index in [1.54, 1.807) is 0 Å². The number of nitrogens with two attached hydrogens (primary N) is 1. The summed E-state index contributed by atoms with van der Waals surface area (Å²) >= 11 is 2.04. The van der Waals surface area contributed by atoms with Gasteiger partial charge in [0.05, 0.1) is 12.1 Å². The van der Waals surface area contributed by atoms with Crippen molar-refractivity contribution in [1.82, 2.24) is 4.90 Å². The van der Waals surface area contributed by atoms with E-state index in [1.807, 2.05) is 11.8 Å². The number of nitrogens with zero attached hydrogens (tertiary/aromatic N) is 2. The molecule has 1 spiro atoms. The lowest BCUT2D eigenvalue weighted by atomic mass is 9.92. The third kappa shape index (κ3) is 1.15. The summed E-state index contributed by atoms with van der Waals surface area (Å²) < 4.78 is 0. The lowest BCUT2D eigenvalue weighted by Gasteiger charge is -2.38. The molecule has 0 aromatic carbocycles. The Bertz CT molecular complexity index is 241. The molecular formula is C9H17N3S. The van der Waals surface area contributed by atoms with Crippen molar-refractivity contribution in [2.75, 3.05) is 18.8 Å². The number of thioether (sulfide) groups is 1. The third-order valence-corrected chi connectivity index (χ3v) is 4.68. The molecule has 2 unspecified atom stereocenters. The molecule has 3 nitrogen and oxygen atoms in total. The zero-order valence-corrected chi connectivity index (χ0v) is 9.10. The van der Waals surface area contributed by atoms with Gasteiger partial charge in [-0.15, -0.1) is 0 Å². The molecule has 2 aliphatic rings. The van der Waals surface area contributed by atoms with E-state index in [-0.39, 0.29) is 5.54 Å². The van der Waals surface area contributed by atoms with Gasteiger partial charge in [0.15, 0.2) is 5.96 Å². The lowest BCUT2D eigenvalue weighted by Crippen LogP contribution is -2.54. The maximum absolute atomic E-state index is 5.87. The van der Waals surface area contributed by atoms with Gasteiger partial charge in [0, 0.05) is 11.8 Å². The third-order valence-electron chi connectivity index (χ3n) is 3.30. The minimum Gasteiger partial charge on any atom is -0.370 e. The van der Waals surface area contributed by atoms with Crippen molar-refractivity contribution in [3.63, 3.8) is 0 Å². The van der Waals surface area contributed by atoms with Crippen molar-refractivity contribution in [2.24, 2.45) is 10.7 Å². The Morgan fingerprint density at radius 1 is 1.77 bits per heavy atom. The van der Waals surface area contributed by atoms with Gasteiger partial charge in [0.25, 0.3) is 0 Å². The fourth-order valence-corrected chi connectivity index (χ4v) is 3.88. The van der Waals surface area contributed by atoms with Gasteiger partial charge < -0.3 is 10.6 Å². The second-order valence-corrected chi connectivity index (χ2v) is 5.23. The zero-order valence-electron chi connectivity index (χ0n) is 8.29. The van der Waals surface area contributed by atoms with Crippen LogP contribution in [0, 0.1) is 0 Å². The van der Waals surface area contributed by atoms with Gasteiger partial charge in [-0.2, -0.15) is 11.8 Å². The van der Waals surface area contributed by atoms with Gasteiger partial charge in [-0.3, -0.25) is 4.99 Å². The number of guanidine groups is 1. The lowest BCUT2D eigenvalue weighted by molar-refractivity contribution is 0.211. The number of hydrogen-bond donors (Lipinski definition) is 1. The molecule has 2 rings (SSSR count). The Labute approximate surface area is 83.8 Å². The molecule has 2 heterocycles. The molecule has 0 aliphatic carbocycles. The van der Waals surface area contributed by atoms with E-state index in [9.17, 15) is 0 Å². The van der Waals surface area contributed by atoms with Gasteiger partial charge >= 0.3 is 0 Å². The van der Waals surface area contributed by atoms with Gasteiger partial charge in [0.1, 0.15) is 0 Å². The predicted molar refractivity (Wildman–Crippen MR) is 58.1 cm³/mol. The minimum absolute atomic E-state index is 0.253.